The molecule has 0 radical (unpaired) electrons. The van der Waals surface area contributed by atoms with E-state index in [1.807, 2.05) is 19.1 Å². The Morgan fingerprint density at radius 1 is 1.35 bits per heavy atom. The second kappa shape index (κ2) is 5.02. The Balaban J connectivity index is 2.28. The van der Waals surface area contributed by atoms with Crippen LogP contribution in [0.2, 0.25) is 5.02 Å². The molecule has 0 aliphatic carbocycles. The molecular weight excluding hydrogens is 307 g/mol. The molecular formula is C12H9BrClFN2. The van der Waals surface area contributed by atoms with Crippen molar-refractivity contribution in [3.8, 4) is 0 Å². The molecule has 2 rings (SSSR count). The highest BCUT2D eigenvalue weighted by Gasteiger charge is 2.05. The van der Waals surface area contributed by atoms with E-state index in [9.17, 15) is 4.39 Å². The highest BCUT2D eigenvalue weighted by molar-refractivity contribution is 9.10. The van der Waals surface area contributed by atoms with Gasteiger partial charge in [-0.15, -0.1) is 0 Å². The Bertz CT molecular complexity index is 560. The summed E-state index contributed by atoms with van der Waals surface area (Å²) in [6, 6.07) is 6.77. The first kappa shape index (κ1) is 12.3. The number of benzene rings is 1. The molecule has 1 heterocycles. The van der Waals surface area contributed by atoms with E-state index in [2.05, 4.69) is 26.2 Å². The molecule has 1 N–H and O–H groups in total. The number of anilines is 2. The van der Waals surface area contributed by atoms with Crippen LogP contribution in [-0.2, 0) is 0 Å². The standard InChI is InChI=1S/C12H9BrClFN2/c1-7-2-3-9(5-10(7)14)17-12-11(15)4-8(13)6-16-12/h2-6H,1H3,(H,16,17). The fourth-order valence-electron chi connectivity index (χ4n) is 1.31. The van der Waals surface area contributed by atoms with E-state index in [4.69, 9.17) is 11.6 Å². The maximum absolute atomic E-state index is 13.5. The van der Waals surface area contributed by atoms with Crippen LogP contribution in [0.25, 0.3) is 0 Å². The van der Waals surface area contributed by atoms with Gasteiger partial charge in [-0.3, -0.25) is 0 Å². The second-order valence-corrected chi connectivity index (χ2v) is 4.90. The molecule has 2 nitrogen and oxygen atoms in total. The number of hydrogen-bond donors (Lipinski definition) is 1. The molecule has 0 spiro atoms. The molecule has 88 valence electrons. The van der Waals surface area contributed by atoms with Crippen LogP contribution < -0.4 is 5.32 Å². The summed E-state index contributed by atoms with van der Waals surface area (Å²) < 4.78 is 14.1. The summed E-state index contributed by atoms with van der Waals surface area (Å²) in [5.41, 5.74) is 1.68. The number of aromatic nitrogens is 1. The number of nitrogens with one attached hydrogen (secondary N) is 1. The SMILES string of the molecule is Cc1ccc(Nc2ncc(Br)cc2F)cc1Cl. The molecule has 17 heavy (non-hydrogen) atoms. The Morgan fingerprint density at radius 2 is 2.12 bits per heavy atom. The summed E-state index contributed by atoms with van der Waals surface area (Å²) in [5.74, 6) is -0.246. The van der Waals surface area contributed by atoms with Gasteiger partial charge in [0, 0.05) is 21.4 Å². The Morgan fingerprint density at radius 3 is 2.76 bits per heavy atom. The summed E-state index contributed by atoms with van der Waals surface area (Å²) >= 11 is 9.13. The van der Waals surface area contributed by atoms with Crippen LogP contribution in [0.4, 0.5) is 15.9 Å². The van der Waals surface area contributed by atoms with Crippen molar-refractivity contribution < 1.29 is 4.39 Å². The Labute approximate surface area is 112 Å². The van der Waals surface area contributed by atoms with E-state index in [0.29, 0.717) is 15.2 Å². The molecule has 0 amide bonds. The molecule has 0 atom stereocenters. The van der Waals surface area contributed by atoms with Crippen molar-refractivity contribution in [1.82, 2.24) is 4.98 Å². The third-order valence-electron chi connectivity index (χ3n) is 2.24. The summed E-state index contributed by atoms with van der Waals surface area (Å²) in [7, 11) is 0. The monoisotopic (exact) mass is 314 g/mol. The van der Waals surface area contributed by atoms with Gasteiger partial charge in [-0.25, -0.2) is 9.37 Å². The first-order valence-electron chi connectivity index (χ1n) is 4.90. The minimum atomic E-state index is -0.420. The van der Waals surface area contributed by atoms with Crippen LogP contribution in [-0.4, -0.2) is 4.98 Å². The van der Waals surface area contributed by atoms with Crippen molar-refractivity contribution in [1.29, 1.82) is 0 Å². The predicted octanol–water partition coefficient (Wildman–Crippen LogP) is 4.69. The number of pyridine rings is 1. The fraction of sp³-hybridized carbons (Fsp3) is 0.0833. The smallest absolute Gasteiger partial charge is 0.166 e. The van der Waals surface area contributed by atoms with Crippen molar-refractivity contribution in [2.45, 2.75) is 6.92 Å². The quantitative estimate of drug-likeness (QED) is 0.869. The number of nitrogens with zero attached hydrogens (tertiary/aromatic N) is 1. The molecule has 5 heteroatoms. The van der Waals surface area contributed by atoms with Gasteiger partial charge in [-0.2, -0.15) is 0 Å². The summed E-state index contributed by atoms with van der Waals surface area (Å²) in [4.78, 5) is 3.95. The van der Waals surface area contributed by atoms with Crippen LogP contribution in [0, 0.1) is 12.7 Å². The maximum atomic E-state index is 13.5. The van der Waals surface area contributed by atoms with Gasteiger partial charge in [-0.1, -0.05) is 17.7 Å². The van der Waals surface area contributed by atoms with Gasteiger partial charge in [0.1, 0.15) is 0 Å². The van der Waals surface area contributed by atoms with E-state index in [0.717, 1.165) is 5.56 Å². The first-order chi connectivity index (χ1) is 8.06. The van der Waals surface area contributed by atoms with Gasteiger partial charge in [-0.05, 0) is 46.6 Å². The van der Waals surface area contributed by atoms with Crippen LogP contribution in [0.3, 0.4) is 0 Å². The van der Waals surface area contributed by atoms with Crippen LogP contribution in [0.15, 0.2) is 34.9 Å². The maximum Gasteiger partial charge on any atom is 0.166 e. The van der Waals surface area contributed by atoms with Gasteiger partial charge < -0.3 is 5.32 Å². The van der Waals surface area contributed by atoms with Gasteiger partial charge in [0.05, 0.1) is 0 Å². The van der Waals surface area contributed by atoms with E-state index < -0.39 is 5.82 Å². The van der Waals surface area contributed by atoms with Crippen molar-refractivity contribution in [2.24, 2.45) is 0 Å². The van der Waals surface area contributed by atoms with Crippen molar-refractivity contribution in [3.05, 3.63) is 51.3 Å². The third kappa shape index (κ3) is 2.96. The lowest BCUT2D eigenvalue weighted by atomic mass is 10.2. The molecule has 0 saturated heterocycles. The second-order valence-electron chi connectivity index (χ2n) is 3.57. The zero-order chi connectivity index (χ0) is 12.4. The number of aryl methyl sites for hydroxylation is 1. The van der Waals surface area contributed by atoms with E-state index >= 15 is 0 Å². The zero-order valence-corrected chi connectivity index (χ0v) is 11.3. The van der Waals surface area contributed by atoms with E-state index in [1.165, 1.54) is 12.3 Å². The Kier molecular flexibility index (Phi) is 3.64. The molecule has 1 aromatic carbocycles. The number of hydrogen-bond acceptors (Lipinski definition) is 2. The van der Waals surface area contributed by atoms with Crippen LogP contribution in [0.1, 0.15) is 5.56 Å². The molecule has 0 aliphatic rings. The summed E-state index contributed by atoms with van der Waals surface area (Å²) in [5, 5.41) is 3.51. The van der Waals surface area contributed by atoms with E-state index in [1.54, 1.807) is 6.07 Å². The van der Waals surface area contributed by atoms with Crippen LogP contribution >= 0.6 is 27.5 Å². The average molecular weight is 316 g/mol. The molecule has 0 unspecified atom stereocenters. The number of halogens is 3. The minimum Gasteiger partial charge on any atom is -0.338 e. The van der Waals surface area contributed by atoms with Gasteiger partial charge in [0.25, 0.3) is 0 Å². The predicted molar refractivity (Wildman–Crippen MR) is 71.4 cm³/mol. The molecule has 1 aromatic heterocycles. The van der Waals surface area contributed by atoms with Crippen molar-refractivity contribution >= 4 is 39.0 Å². The highest BCUT2D eigenvalue weighted by Crippen LogP contribution is 2.24. The lowest BCUT2D eigenvalue weighted by Gasteiger charge is -2.08. The summed E-state index contributed by atoms with van der Waals surface area (Å²) in [6.45, 7) is 1.91. The minimum absolute atomic E-state index is 0.174. The highest BCUT2D eigenvalue weighted by atomic mass is 79.9. The first-order valence-corrected chi connectivity index (χ1v) is 6.07. The largest absolute Gasteiger partial charge is 0.338 e. The Hall–Kier alpha value is -1.13. The zero-order valence-electron chi connectivity index (χ0n) is 8.97. The van der Waals surface area contributed by atoms with E-state index in [-0.39, 0.29) is 5.82 Å². The fourth-order valence-corrected chi connectivity index (χ4v) is 1.80. The molecule has 2 aromatic rings. The van der Waals surface area contributed by atoms with Crippen molar-refractivity contribution in [3.63, 3.8) is 0 Å². The lowest BCUT2D eigenvalue weighted by Crippen LogP contribution is -1.97. The average Bonchev–Trinajstić information content (AvgIpc) is 2.27. The van der Waals surface area contributed by atoms with Crippen LogP contribution in [0.5, 0.6) is 0 Å². The topological polar surface area (TPSA) is 24.9 Å². The molecule has 0 fully saturated rings. The normalized spacial score (nSPS) is 10.4. The number of rotatable bonds is 2. The molecule has 0 saturated carbocycles. The van der Waals surface area contributed by atoms with Gasteiger partial charge in [0.15, 0.2) is 11.6 Å². The lowest BCUT2D eigenvalue weighted by molar-refractivity contribution is 0.625. The van der Waals surface area contributed by atoms with Crippen molar-refractivity contribution in [2.75, 3.05) is 5.32 Å². The van der Waals surface area contributed by atoms with Gasteiger partial charge in [0.2, 0.25) is 0 Å². The molecule has 0 bridgehead atoms. The molecule has 0 aliphatic heterocycles. The summed E-state index contributed by atoms with van der Waals surface area (Å²) in [6.07, 6.45) is 1.53. The van der Waals surface area contributed by atoms with Gasteiger partial charge >= 0.3 is 0 Å². The third-order valence-corrected chi connectivity index (χ3v) is 3.08.